The third-order valence-electron chi connectivity index (χ3n) is 12.8. The minimum atomic E-state index is -5.51. The Hall–Kier alpha value is -2.03. The molecular weight excluding hydrogens is 728 g/mol. The van der Waals surface area contributed by atoms with Crippen molar-refractivity contribution < 1.29 is 14.7 Å². The SMILES string of the molecule is CCCCCCCCCc1ccccc1-c1ccc(P(O)(O)(O)c2ccccc2CCCCCCCCC)c(CCCCCCCCC)c1CCCCCCCCC. The van der Waals surface area contributed by atoms with Crippen molar-refractivity contribution in [2.24, 2.45) is 0 Å². The van der Waals surface area contributed by atoms with Gasteiger partial charge in [0.05, 0.1) is 0 Å². The standard InChI is InChI=1S/C54H89O3P/c1-5-9-13-17-21-25-29-37-47-38-33-35-41-49(47)51-45-46-54(58(55,56,57)53-44-36-34-40-48(53)39-30-26-22-18-14-10-6-2)52(43-32-28-24-20-16-12-8-4)50(51)42-31-27-23-19-15-11-7-3/h33-36,38,40-41,44-46,55-57H,5-32,37,39,42-43H2,1-4H3. The van der Waals surface area contributed by atoms with E-state index >= 15 is 0 Å². The molecule has 0 aliphatic carbocycles. The molecule has 0 bridgehead atoms. The molecule has 0 saturated heterocycles. The van der Waals surface area contributed by atoms with Crippen molar-refractivity contribution in [3.63, 3.8) is 0 Å². The molecule has 0 spiro atoms. The van der Waals surface area contributed by atoms with Crippen LogP contribution in [0.4, 0.5) is 0 Å². The molecule has 3 N–H and O–H groups in total. The zero-order valence-corrected chi connectivity index (χ0v) is 39.1. The summed E-state index contributed by atoms with van der Waals surface area (Å²) in [5, 5.41) is 0.726. The summed E-state index contributed by atoms with van der Waals surface area (Å²) < 4.78 is 0. The van der Waals surface area contributed by atoms with Crippen LogP contribution in [0.5, 0.6) is 0 Å². The maximum atomic E-state index is 12.7. The van der Waals surface area contributed by atoms with Gasteiger partial charge in [0.25, 0.3) is 0 Å². The average Bonchev–Trinajstić information content (AvgIpc) is 3.22. The van der Waals surface area contributed by atoms with Gasteiger partial charge >= 0.3 is 340 Å². The van der Waals surface area contributed by atoms with Crippen molar-refractivity contribution in [1.29, 1.82) is 0 Å². The molecule has 3 aromatic rings. The van der Waals surface area contributed by atoms with Crippen molar-refractivity contribution >= 4 is 17.9 Å². The van der Waals surface area contributed by atoms with Crippen LogP contribution in [0.1, 0.15) is 230 Å². The van der Waals surface area contributed by atoms with Gasteiger partial charge in [0, 0.05) is 0 Å². The molecule has 3 aromatic carbocycles. The quantitative estimate of drug-likeness (QED) is 0.0409. The Kier molecular flexibility index (Phi) is 25.4. The van der Waals surface area contributed by atoms with Gasteiger partial charge in [-0.3, -0.25) is 0 Å². The predicted molar refractivity (Wildman–Crippen MR) is 258 cm³/mol. The fourth-order valence-corrected chi connectivity index (χ4v) is 11.6. The molecule has 4 heteroatoms. The van der Waals surface area contributed by atoms with Gasteiger partial charge in [-0.2, -0.15) is 0 Å². The van der Waals surface area contributed by atoms with Crippen LogP contribution in [0.25, 0.3) is 11.1 Å². The van der Waals surface area contributed by atoms with Gasteiger partial charge in [-0.1, -0.05) is 19.8 Å². The molecule has 0 saturated carbocycles. The number of rotatable bonds is 35. The second-order valence-electron chi connectivity index (χ2n) is 17.8. The summed E-state index contributed by atoms with van der Waals surface area (Å²) in [5.74, 6) is 0. The van der Waals surface area contributed by atoms with E-state index in [1.54, 1.807) is 6.07 Å². The van der Waals surface area contributed by atoms with E-state index in [1.165, 1.54) is 170 Å². The van der Waals surface area contributed by atoms with Crippen LogP contribution < -0.4 is 10.6 Å². The van der Waals surface area contributed by atoms with Crippen molar-refractivity contribution in [3.8, 4) is 11.1 Å². The molecule has 0 heterocycles. The fraction of sp³-hybridized carbons (Fsp3) is 0.667. The fourth-order valence-electron chi connectivity index (χ4n) is 9.20. The Bertz CT molecular complexity index is 1500. The van der Waals surface area contributed by atoms with Crippen molar-refractivity contribution in [3.05, 3.63) is 82.9 Å². The molecule has 328 valence electrons. The van der Waals surface area contributed by atoms with Crippen molar-refractivity contribution in [1.82, 2.24) is 0 Å². The first-order chi connectivity index (χ1) is 28.3. The van der Waals surface area contributed by atoms with E-state index in [9.17, 15) is 14.7 Å². The molecule has 3 rings (SSSR count). The van der Waals surface area contributed by atoms with Crippen LogP contribution in [-0.2, 0) is 25.7 Å². The van der Waals surface area contributed by atoms with Gasteiger partial charge in [0.2, 0.25) is 0 Å². The Morgan fingerprint density at radius 2 is 0.672 bits per heavy atom. The first-order valence-corrected chi connectivity index (χ1v) is 26.9. The monoisotopic (exact) mass is 817 g/mol. The van der Waals surface area contributed by atoms with Crippen LogP contribution in [-0.4, -0.2) is 14.7 Å². The summed E-state index contributed by atoms with van der Waals surface area (Å²) >= 11 is 0. The third kappa shape index (κ3) is 17.5. The van der Waals surface area contributed by atoms with Gasteiger partial charge in [0.15, 0.2) is 0 Å². The van der Waals surface area contributed by atoms with Crippen molar-refractivity contribution in [2.75, 3.05) is 0 Å². The molecule has 0 unspecified atom stereocenters. The molecule has 0 amide bonds. The first kappa shape index (κ1) is 50.3. The number of benzene rings is 3. The Balaban J connectivity index is 2.07. The second kappa shape index (κ2) is 29.3. The zero-order valence-electron chi connectivity index (χ0n) is 38.2. The number of aryl methyl sites for hydroxylation is 2. The predicted octanol–water partition coefficient (Wildman–Crippen LogP) is 15.8. The summed E-state index contributed by atoms with van der Waals surface area (Å²) in [7, 11) is -5.51. The van der Waals surface area contributed by atoms with E-state index in [4.69, 9.17) is 0 Å². The normalized spacial score (nSPS) is 12.6. The van der Waals surface area contributed by atoms with Gasteiger partial charge in [0.1, 0.15) is 0 Å². The summed E-state index contributed by atoms with van der Waals surface area (Å²) in [6, 6.07) is 20.7. The van der Waals surface area contributed by atoms with Crippen LogP contribution in [0.15, 0.2) is 60.7 Å². The molecule has 0 aromatic heterocycles. The number of unbranched alkanes of at least 4 members (excludes halogenated alkanes) is 24. The van der Waals surface area contributed by atoms with Crippen molar-refractivity contribution in [2.45, 2.75) is 233 Å². The molecule has 0 atom stereocenters. The average molecular weight is 817 g/mol. The van der Waals surface area contributed by atoms with Gasteiger partial charge in [-0.25, -0.2) is 0 Å². The number of hydrogen-bond acceptors (Lipinski definition) is 3. The van der Waals surface area contributed by atoms with Gasteiger partial charge in [-0.05, 0) is 0 Å². The summed E-state index contributed by atoms with van der Waals surface area (Å²) in [5.41, 5.74) is 7.02. The molecule has 0 fully saturated rings. The Morgan fingerprint density at radius 3 is 1.16 bits per heavy atom. The van der Waals surface area contributed by atoms with Crippen LogP contribution in [0.2, 0.25) is 0 Å². The third-order valence-corrected chi connectivity index (χ3v) is 15.4. The van der Waals surface area contributed by atoms with Crippen LogP contribution >= 0.6 is 7.28 Å². The summed E-state index contributed by atoms with van der Waals surface area (Å²) in [6.07, 6.45) is 37.9. The van der Waals surface area contributed by atoms with Gasteiger partial charge < -0.3 is 0 Å². The molecule has 3 nitrogen and oxygen atoms in total. The summed E-state index contributed by atoms with van der Waals surface area (Å²) in [4.78, 5) is 38.0. The van der Waals surface area contributed by atoms with E-state index in [2.05, 4.69) is 58.0 Å². The Labute approximate surface area is 358 Å². The molecule has 0 radical (unpaired) electrons. The van der Waals surface area contributed by atoms with E-state index in [0.29, 0.717) is 10.6 Å². The van der Waals surface area contributed by atoms with E-state index in [0.717, 1.165) is 68.9 Å². The van der Waals surface area contributed by atoms with Crippen LogP contribution in [0.3, 0.4) is 0 Å². The first-order valence-electron chi connectivity index (χ1n) is 24.9. The minimum absolute atomic E-state index is 0.342. The molecule has 58 heavy (non-hydrogen) atoms. The van der Waals surface area contributed by atoms with E-state index in [-0.39, 0.29) is 0 Å². The molecular formula is C54H89O3P. The molecule has 0 aliphatic rings. The zero-order chi connectivity index (χ0) is 41.8. The van der Waals surface area contributed by atoms with E-state index in [1.807, 2.05) is 24.3 Å². The Morgan fingerprint density at radius 1 is 0.310 bits per heavy atom. The number of hydrogen-bond donors (Lipinski definition) is 3. The topological polar surface area (TPSA) is 60.7 Å². The maximum absolute atomic E-state index is 12.7. The van der Waals surface area contributed by atoms with Gasteiger partial charge in [-0.15, -0.1) is 0 Å². The summed E-state index contributed by atoms with van der Waals surface area (Å²) in [6.45, 7) is 9.08. The second-order valence-corrected chi connectivity index (χ2v) is 20.8. The molecule has 0 aliphatic heterocycles. The van der Waals surface area contributed by atoms with Crippen LogP contribution in [0, 0.1) is 0 Å². The van der Waals surface area contributed by atoms with E-state index < -0.39 is 7.28 Å².